The van der Waals surface area contributed by atoms with E-state index in [1.807, 2.05) is 36.4 Å². The number of carbonyl (C=O) groups excluding carboxylic acids is 1. The Morgan fingerprint density at radius 2 is 1.81 bits per heavy atom. The van der Waals surface area contributed by atoms with Crippen LogP contribution in [0.3, 0.4) is 0 Å². The van der Waals surface area contributed by atoms with E-state index < -0.39 is 17.8 Å². The van der Waals surface area contributed by atoms with Crippen molar-refractivity contribution in [2.75, 3.05) is 31.6 Å². The van der Waals surface area contributed by atoms with Gasteiger partial charge in [-0.2, -0.15) is 0 Å². The number of amides is 1. The second-order valence-electron chi connectivity index (χ2n) is 10.2. The topological polar surface area (TPSA) is 70.1 Å². The lowest BCUT2D eigenvalue weighted by molar-refractivity contribution is -0.145. The van der Waals surface area contributed by atoms with E-state index in [0.717, 1.165) is 73.6 Å². The Labute approximate surface area is 224 Å². The van der Waals surface area contributed by atoms with E-state index in [-0.39, 0.29) is 5.91 Å². The lowest BCUT2D eigenvalue weighted by Gasteiger charge is -2.29. The quantitative estimate of drug-likeness (QED) is 0.459. The molecule has 0 radical (unpaired) electrons. The third-order valence-corrected chi connectivity index (χ3v) is 7.72. The lowest BCUT2D eigenvalue weighted by atomic mass is 9.86. The molecule has 1 amide bonds. The lowest BCUT2D eigenvalue weighted by Crippen LogP contribution is -2.37. The van der Waals surface area contributed by atoms with Gasteiger partial charge in [-0.05, 0) is 79.5 Å². The number of hydrogen-bond donors (Lipinski definition) is 1. The number of halogens is 1. The molecule has 2 aromatic rings. The Bertz CT molecular complexity index is 1150. The predicted molar refractivity (Wildman–Crippen MR) is 148 cm³/mol. The van der Waals surface area contributed by atoms with E-state index in [9.17, 15) is 14.7 Å². The number of fused-ring (bicyclic) bond motifs is 2. The first-order chi connectivity index (χ1) is 17.8. The van der Waals surface area contributed by atoms with E-state index in [0.29, 0.717) is 18.7 Å². The van der Waals surface area contributed by atoms with Gasteiger partial charge in [-0.3, -0.25) is 9.59 Å². The molecule has 7 heteroatoms. The van der Waals surface area contributed by atoms with Gasteiger partial charge in [-0.15, -0.1) is 0 Å². The molecule has 6 nitrogen and oxygen atoms in total. The van der Waals surface area contributed by atoms with Crippen molar-refractivity contribution >= 4 is 29.2 Å². The fraction of sp³-hybridized carbons (Fsp3) is 0.467. The number of anilines is 1. The molecule has 2 heterocycles. The number of ether oxygens (including phenoxy) is 1. The highest BCUT2D eigenvalue weighted by atomic mass is 35.5. The highest BCUT2D eigenvalue weighted by Gasteiger charge is 2.34. The van der Waals surface area contributed by atoms with Crippen LogP contribution in [0.4, 0.5) is 5.69 Å². The Kier molecular flexibility index (Phi) is 9.14. The number of allylic oxidation sites excluding steroid dienone is 1. The highest BCUT2D eigenvalue weighted by molar-refractivity contribution is 6.30. The van der Waals surface area contributed by atoms with Crippen molar-refractivity contribution in [3.63, 3.8) is 0 Å². The Morgan fingerprint density at radius 3 is 2.59 bits per heavy atom. The minimum absolute atomic E-state index is 0.174. The summed E-state index contributed by atoms with van der Waals surface area (Å²) in [5.74, 6) is -2.09. The summed E-state index contributed by atoms with van der Waals surface area (Å²) in [5.41, 5.74) is 3.85. The third kappa shape index (κ3) is 6.67. The van der Waals surface area contributed by atoms with Crippen LogP contribution in [0.2, 0.25) is 5.02 Å². The van der Waals surface area contributed by atoms with Gasteiger partial charge in [0.1, 0.15) is 12.4 Å². The van der Waals surface area contributed by atoms with Crippen LogP contribution in [-0.4, -0.2) is 48.6 Å². The molecule has 1 unspecified atom stereocenters. The third-order valence-electron chi connectivity index (χ3n) is 7.48. The minimum Gasteiger partial charge on any atom is -0.487 e. The fourth-order valence-electron chi connectivity index (χ4n) is 5.33. The number of aryl methyl sites for hydroxylation is 1. The number of benzene rings is 2. The van der Waals surface area contributed by atoms with Crippen LogP contribution in [0.1, 0.15) is 61.6 Å². The first-order valence-electron chi connectivity index (χ1n) is 13.3. The zero-order valence-corrected chi connectivity index (χ0v) is 22.5. The molecule has 1 N–H and O–H groups in total. The van der Waals surface area contributed by atoms with Crippen molar-refractivity contribution in [3.8, 4) is 5.75 Å². The van der Waals surface area contributed by atoms with Crippen LogP contribution in [-0.2, 0) is 22.6 Å². The van der Waals surface area contributed by atoms with E-state index in [4.69, 9.17) is 16.3 Å². The van der Waals surface area contributed by atoms with Gasteiger partial charge in [-0.25, -0.2) is 0 Å². The summed E-state index contributed by atoms with van der Waals surface area (Å²) in [7, 11) is 1.73. The van der Waals surface area contributed by atoms with Gasteiger partial charge in [-0.1, -0.05) is 42.8 Å². The number of nitrogens with zero attached hydrogens (tertiary/aromatic N) is 2. The van der Waals surface area contributed by atoms with Gasteiger partial charge in [0, 0.05) is 31.7 Å². The summed E-state index contributed by atoms with van der Waals surface area (Å²) in [4.78, 5) is 29.5. The zero-order chi connectivity index (χ0) is 26.4. The highest BCUT2D eigenvalue weighted by Crippen LogP contribution is 2.37. The number of rotatable bonds is 1. The molecule has 2 aliphatic rings. The van der Waals surface area contributed by atoms with Gasteiger partial charge in [0.05, 0.1) is 17.5 Å². The molecule has 0 aromatic heterocycles. The van der Waals surface area contributed by atoms with Crippen LogP contribution in [0.25, 0.3) is 0 Å². The smallest absolute Gasteiger partial charge is 0.311 e. The Hall–Kier alpha value is -2.99. The van der Waals surface area contributed by atoms with Crippen LogP contribution in [0, 0.1) is 5.92 Å². The summed E-state index contributed by atoms with van der Waals surface area (Å²) in [6, 6.07) is 11.6. The molecule has 4 rings (SSSR count). The van der Waals surface area contributed by atoms with Crippen LogP contribution in [0.15, 0.2) is 48.6 Å². The molecule has 2 atom stereocenters. The SMILES string of the molecule is C[C@@H]1C(=O)N(C)C/C=C/CCCCN2CCCCc3cc(Cl)ccc3COc3ccc(cc32)C1C(=O)O. The van der Waals surface area contributed by atoms with Crippen LogP contribution < -0.4 is 9.64 Å². The number of carboxylic acids is 1. The average molecular weight is 525 g/mol. The van der Waals surface area contributed by atoms with Gasteiger partial charge >= 0.3 is 5.97 Å². The summed E-state index contributed by atoms with van der Waals surface area (Å²) in [5, 5.41) is 10.9. The van der Waals surface area contributed by atoms with Gasteiger partial charge in [0.2, 0.25) is 5.91 Å². The van der Waals surface area contributed by atoms with E-state index in [2.05, 4.69) is 11.0 Å². The van der Waals surface area contributed by atoms with Crippen molar-refractivity contribution in [1.29, 1.82) is 0 Å². The first-order valence-corrected chi connectivity index (χ1v) is 13.6. The summed E-state index contributed by atoms with van der Waals surface area (Å²) in [6.07, 6.45) is 10.1. The van der Waals surface area contributed by atoms with Gasteiger partial charge in [0.15, 0.2) is 0 Å². The summed E-state index contributed by atoms with van der Waals surface area (Å²) >= 11 is 6.28. The molecular weight excluding hydrogens is 488 g/mol. The maximum Gasteiger partial charge on any atom is 0.311 e. The van der Waals surface area contributed by atoms with E-state index in [1.165, 1.54) is 5.56 Å². The molecule has 37 heavy (non-hydrogen) atoms. The Balaban J connectivity index is 1.76. The zero-order valence-electron chi connectivity index (χ0n) is 21.8. The molecular formula is C30H37ClN2O4. The normalized spacial score (nSPS) is 22.5. The van der Waals surface area contributed by atoms with Crippen molar-refractivity contribution in [2.45, 2.75) is 58.0 Å². The molecule has 198 valence electrons. The summed E-state index contributed by atoms with van der Waals surface area (Å²) < 4.78 is 6.38. The second-order valence-corrected chi connectivity index (χ2v) is 10.6. The Morgan fingerprint density at radius 1 is 1.03 bits per heavy atom. The van der Waals surface area contributed by atoms with Crippen molar-refractivity contribution in [2.24, 2.45) is 5.92 Å². The maximum atomic E-state index is 13.1. The maximum absolute atomic E-state index is 13.1. The van der Waals surface area contributed by atoms with Crippen molar-refractivity contribution in [3.05, 3.63) is 70.3 Å². The van der Waals surface area contributed by atoms with Crippen molar-refractivity contribution < 1.29 is 19.4 Å². The predicted octanol–water partition coefficient (Wildman–Crippen LogP) is 6.06. The molecule has 2 aromatic carbocycles. The monoisotopic (exact) mass is 524 g/mol. The first kappa shape index (κ1) is 27.1. The van der Waals surface area contributed by atoms with Gasteiger partial charge in [0.25, 0.3) is 0 Å². The number of carboxylic acid groups (broad SMARTS) is 1. The fourth-order valence-corrected chi connectivity index (χ4v) is 5.53. The second kappa shape index (κ2) is 12.5. The number of hydrogen-bond acceptors (Lipinski definition) is 4. The van der Waals surface area contributed by atoms with Crippen molar-refractivity contribution in [1.82, 2.24) is 4.90 Å². The van der Waals surface area contributed by atoms with Crippen LogP contribution >= 0.6 is 11.6 Å². The molecule has 0 saturated carbocycles. The standard InChI is InChI=1S/C30H37ClN2O4/c1-21-28(30(35)36)23-12-14-27-26(19-23)33(16-8-5-3-4-7-15-32(2)29(21)34)17-9-6-10-22-18-25(31)13-11-24(22)20-37-27/h4,7,11-14,18-19,21,28H,3,5-6,8-10,15-17,20H2,1-2H3,(H,35,36)/b7-4+/t21-,28?/m0/s1. The van der Waals surface area contributed by atoms with Gasteiger partial charge < -0.3 is 19.6 Å². The largest absolute Gasteiger partial charge is 0.487 e. The summed E-state index contributed by atoms with van der Waals surface area (Å²) in [6.45, 7) is 4.32. The van der Waals surface area contributed by atoms with Crippen LogP contribution in [0.5, 0.6) is 5.75 Å². The molecule has 0 saturated heterocycles. The van der Waals surface area contributed by atoms with E-state index >= 15 is 0 Å². The molecule has 2 bridgehead atoms. The molecule has 2 aliphatic heterocycles. The minimum atomic E-state index is -0.996. The average Bonchev–Trinajstić information content (AvgIpc) is 2.90. The molecule has 0 fully saturated rings. The number of likely N-dealkylation sites (N-methyl/N-ethyl adjacent to an activating group) is 1. The molecule has 0 spiro atoms. The number of carbonyl (C=O) groups is 2. The number of aliphatic carboxylic acids is 1. The molecule has 0 aliphatic carbocycles. The van der Waals surface area contributed by atoms with E-state index in [1.54, 1.807) is 24.9 Å².